The summed E-state index contributed by atoms with van der Waals surface area (Å²) in [6.07, 6.45) is 4.20. The Kier molecular flexibility index (Phi) is 5.44. The second-order valence-electron chi connectivity index (χ2n) is 6.46. The van der Waals surface area contributed by atoms with Crippen LogP contribution in [0.1, 0.15) is 37.3 Å². The lowest BCUT2D eigenvalue weighted by molar-refractivity contribution is 0.454. The van der Waals surface area contributed by atoms with Crippen LogP contribution in [0.2, 0.25) is 0 Å². The fraction of sp³-hybridized carbons (Fsp3) is 0.273. The minimum atomic E-state index is 0.148. The van der Waals surface area contributed by atoms with Gasteiger partial charge in [0, 0.05) is 10.4 Å². The lowest BCUT2D eigenvalue weighted by Crippen LogP contribution is -1.94. The van der Waals surface area contributed by atoms with Crippen molar-refractivity contribution >= 4 is 11.3 Å². The van der Waals surface area contributed by atoms with E-state index < -0.39 is 0 Å². The quantitative estimate of drug-likeness (QED) is 0.495. The van der Waals surface area contributed by atoms with Crippen LogP contribution in [0.15, 0.2) is 47.8 Å². The summed E-state index contributed by atoms with van der Waals surface area (Å²) in [6.45, 7) is 4.19. The Labute approximate surface area is 153 Å². The van der Waals surface area contributed by atoms with E-state index in [1.165, 1.54) is 0 Å². The minimum absolute atomic E-state index is 0.148. The first-order chi connectivity index (χ1) is 12.1. The molecular formula is C22H24O2S. The average Bonchev–Trinajstić information content (AvgIpc) is 3.09. The van der Waals surface area contributed by atoms with Crippen LogP contribution in [0.5, 0.6) is 11.5 Å². The molecule has 0 bridgehead atoms. The predicted molar refractivity (Wildman–Crippen MR) is 106 cm³/mol. The molecule has 0 fully saturated rings. The summed E-state index contributed by atoms with van der Waals surface area (Å²) >= 11 is 1.61. The van der Waals surface area contributed by atoms with Crippen molar-refractivity contribution in [1.29, 1.82) is 0 Å². The van der Waals surface area contributed by atoms with Crippen molar-refractivity contribution in [3.05, 3.63) is 59.0 Å². The van der Waals surface area contributed by atoms with Crippen LogP contribution in [-0.2, 0) is 6.42 Å². The van der Waals surface area contributed by atoms with Crippen molar-refractivity contribution in [1.82, 2.24) is 0 Å². The van der Waals surface area contributed by atoms with Gasteiger partial charge >= 0.3 is 0 Å². The van der Waals surface area contributed by atoms with Crippen molar-refractivity contribution in [3.8, 4) is 33.1 Å². The normalized spacial score (nSPS) is 11.0. The van der Waals surface area contributed by atoms with Crippen LogP contribution in [-0.4, -0.2) is 10.2 Å². The molecule has 0 aliphatic rings. The molecule has 0 radical (unpaired) electrons. The summed E-state index contributed by atoms with van der Waals surface area (Å²) in [5.74, 6) is 0.328. The summed E-state index contributed by atoms with van der Waals surface area (Å²) in [6, 6.07) is 13.7. The molecule has 25 heavy (non-hydrogen) atoms. The SMILES string of the molecule is CCCCCc1cc(O)c(-c2cccc(C)c2)c(O)c1-c1cccs1. The molecule has 1 heterocycles. The number of phenolic OH excluding ortho intramolecular Hbond substituents is 2. The number of hydrogen-bond acceptors (Lipinski definition) is 3. The summed E-state index contributed by atoms with van der Waals surface area (Å²) in [4.78, 5) is 1.04. The summed E-state index contributed by atoms with van der Waals surface area (Å²) in [7, 11) is 0. The Balaban J connectivity index is 2.17. The Bertz CT molecular complexity index is 851. The van der Waals surface area contributed by atoms with E-state index in [9.17, 15) is 10.2 Å². The van der Waals surface area contributed by atoms with Gasteiger partial charge in [-0.15, -0.1) is 11.3 Å². The summed E-state index contributed by atoms with van der Waals surface area (Å²) in [5, 5.41) is 23.7. The van der Waals surface area contributed by atoms with Gasteiger partial charge in [0.2, 0.25) is 0 Å². The fourth-order valence-corrected chi connectivity index (χ4v) is 4.06. The summed E-state index contributed by atoms with van der Waals surface area (Å²) in [5.41, 5.74) is 4.34. The zero-order valence-electron chi connectivity index (χ0n) is 14.7. The molecule has 1 aromatic heterocycles. The van der Waals surface area contributed by atoms with E-state index in [1.54, 1.807) is 11.3 Å². The molecule has 3 rings (SSSR count). The third-order valence-corrected chi connectivity index (χ3v) is 5.37. The highest BCUT2D eigenvalue weighted by molar-refractivity contribution is 7.13. The van der Waals surface area contributed by atoms with E-state index >= 15 is 0 Å². The van der Waals surface area contributed by atoms with Gasteiger partial charge in [0.1, 0.15) is 11.5 Å². The minimum Gasteiger partial charge on any atom is -0.507 e. The number of phenols is 2. The highest BCUT2D eigenvalue weighted by Gasteiger charge is 2.20. The molecule has 0 amide bonds. The van der Waals surface area contributed by atoms with Crippen LogP contribution >= 0.6 is 11.3 Å². The van der Waals surface area contributed by atoms with E-state index in [2.05, 4.69) is 6.92 Å². The number of rotatable bonds is 6. The standard InChI is InChI=1S/C22H24O2S/c1-3-4-5-9-17-14-18(23)20(16-10-6-8-15(2)13-16)22(24)21(17)19-11-7-12-25-19/h6-8,10-14,23-24H,3-5,9H2,1-2H3. The van der Waals surface area contributed by atoms with E-state index in [0.29, 0.717) is 5.56 Å². The number of aryl methyl sites for hydroxylation is 2. The maximum Gasteiger partial charge on any atom is 0.136 e. The van der Waals surface area contributed by atoms with Crippen molar-refractivity contribution in [2.24, 2.45) is 0 Å². The molecule has 130 valence electrons. The molecule has 2 aromatic carbocycles. The van der Waals surface area contributed by atoms with Gasteiger partial charge in [0.15, 0.2) is 0 Å². The predicted octanol–water partition coefficient (Wildman–Crippen LogP) is 6.53. The molecule has 0 saturated carbocycles. The second-order valence-corrected chi connectivity index (χ2v) is 7.41. The smallest absolute Gasteiger partial charge is 0.136 e. The molecule has 0 aliphatic carbocycles. The van der Waals surface area contributed by atoms with Gasteiger partial charge in [0.05, 0.1) is 5.56 Å². The first-order valence-corrected chi connectivity index (χ1v) is 9.68. The Morgan fingerprint density at radius 1 is 0.960 bits per heavy atom. The van der Waals surface area contributed by atoms with Crippen molar-refractivity contribution in [2.45, 2.75) is 39.5 Å². The molecule has 0 saturated heterocycles. The largest absolute Gasteiger partial charge is 0.507 e. The Morgan fingerprint density at radius 2 is 1.80 bits per heavy atom. The molecule has 3 heteroatoms. The zero-order valence-corrected chi connectivity index (χ0v) is 15.6. The number of unbranched alkanes of at least 4 members (excludes halogenated alkanes) is 2. The van der Waals surface area contributed by atoms with Crippen LogP contribution in [0, 0.1) is 6.92 Å². The first kappa shape index (κ1) is 17.6. The van der Waals surface area contributed by atoms with E-state index in [0.717, 1.165) is 52.8 Å². The van der Waals surface area contributed by atoms with Crippen LogP contribution < -0.4 is 0 Å². The average molecular weight is 352 g/mol. The number of thiophene rings is 1. The van der Waals surface area contributed by atoms with Crippen molar-refractivity contribution in [3.63, 3.8) is 0 Å². The van der Waals surface area contributed by atoms with E-state index in [4.69, 9.17) is 0 Å². The zero-order chi connectivity index (χ0) is 17.8. The maximum absolute atomic E-state index is 11.1. The van der Waals surface area contributed by atoms with Crippen molar-refractivity contribution in [2.75, 3.05) is 0 Å². The Morgan fingerprint density at radius 3 is 2.48 bits per heavy atom. The number of aromatic hydroxyl groups is 2. The molecule has 0 atom stereocenters. The van der Waals surface area contributed by atoms with Gasteiger partial charge < -0.3 is 10.2 Å². The monoisotopic (exact) mass is 352 g/mol. The maximum atomic E-state index is 11.1. The van der Waals surface area contributed by atoms with Gasteiger partial charge in [-0.1, -0.05) is 55.7 Å². The molecule has 3 aromatic rings. The van der Waals surface area contributed by atoms with Gasteiger partial charge in [-0.2, -0.15) is 0 Å². The highest BCUT2D eigenvalue weighted by Crippen LogP contribution is 2.47. The van der Waals surface area contributed by atoms with E-state index in [-0.39, 0.29) is 11.5 Å². The van der Waals surface area contributed by atoms with E-state index in [1.807, 2.05) is 54.8 Å². The second kappa shape index (κ2) is 7.75. The molecule has 0 unspecified atom stereocenters. The van der Waals surface area contributed by atoms with Gasteiger partial charge in [-0.3, -0.25) is 0 Å². The molecule has 2 nitrogen and oxygen atoms in total. The first-order valence-electron chi connectivity index (χ1n) is 8.80. The molecule has 2 N–H and O–H groups in total. The molecular weight excluding hydrogens is 328 g/mol. The van der Waals surface area contributed by atoms with Gasteiger partial charge in [-0.25, -0.2) is 0 Å². The van der Waals surface area contributed by atoms with Gasteiger partial charge in [-0.05, 0) is 48.4 Å². The molecule has 0 aliphatic heterocycles. The fourth-order valence-electron chi connectivity index (χ4n) is 3.25. The lowest BCUT2D eigenvalue weighted by atomic mass is 9.92. The summed E-state index contributed by atoms with van der Waals surface area (Å²) < 4.78 is 0. The number of hydrogen-bond donors (Lipinski definition) is 2. The third-order valence-electron chi connectivity index (χ3n) is 4.49. The van der Waals surface area contributed by atoms with Crippen molar-refractivity contribution < 1.29 is 10.2 Å². The number of benzene rings is 2. The third kappa shape index (κ3) is 3.72. The Hall–Kier alpha value is -2.26. The lowest BCUT2D eigenvalue weighted by Gasteiger charge is -2.16. The molecule has 0 spiro atoms. The highest BCUT2D eigenvalue weighted by atomic mass is 32.1. The van der Waals surface area contributed by atoms with Crippen LogP contribution in [0.3, 0.4) is 0 Å². The van der Waals surface area contributed by atoms with Gasteiger partial charge in [0.25, 0.3) is 0 Å². The van der Waals surface area contributed by atoms with Crippen LogP contribution in [0.4, 0.5) is 0 Å². The topological polar surface area (TPSA) is 40.5 Å². The van der Waals surface area contributed by atoms with Crippen LogP contribution in [0.25, 0.3) is 21.6 Å².